The maximum atomic E-state index is 2.75. The van der Waals surface area contributed by atoms with Gasteiger partial charge in [0.05, 0.1) is 5.69 Å². The van der Waals surface area contributed by atoms with Gasteiger partial charge in [0.2, 0.25) is 0 Å². The fraction of sp³-hybridized carbons (Fsp3) is 0. The summed E-state index contributed by atoms with van der Waals surface area (Å²) < 4.78 is 10.7. The van der Waals surface area contributed by atoms with Gasteiger partial charge in [-0.25, -0.2) is 0 Å². The van der Waals surface area contributed by atoms with Gasteiger partial charge < -0.3 is 9.38 Å². The summed E-state index contributed by atoms with van der Waals surface area (Å²) in [5.74, 6) is 0. The highest BCUT2D eigenvalue weighted by Gasteiger charge is 2.44. The lowest BCUT2D eigenvalue weighted by Gasteiger charge is -2.41. The van der Waals surface area contributed by atoms with Crippen molar-refractivity contribution in [2.75, 3.05) is 4.90 Å². The number of anilines is 3. The molecule has 0 N–H and O–H groups in total. The number of rotatable bonds is 1. The summed E-state index contributed by atoms with van der Waals surface area (Å²) in [6, 6.07) is 62.4. The minimum Gasteiger partial charge on any atom is -0.375 e. The molecule has 0 spiro atoms. The lowest BCUT2D eigenvalue weighted by molar-refractivity contribution is 1.28. The number of para-hydroxylation sites is 1. The fourth-order valence-corrected chi connectivity index (χ4v) is 14.2. The molecule has 6 heterocycles. The summed E-state index contributed by atoms with van der Waals surface area (Å²) in [5, 5.41) is 13.2. The molecule has 2 nitrogen and oxygen atoms in total. The van der Waals surface area contributed by atoms with Crippen LogP contribution in [0.4, 0.5) is 17.1 Å². The molecule has 0 radical (unpaired) electrons. The second-order valence-corrected chi connectivity index (χ2v) is 19.2. The van der Waals surface area contributed by atoms with Crippen molar-refractivity contribution in [3.63, 3.8) is 0 Å². The molecule has 0 fully saturated rings. The van der Waals surface area contributed by atoms with E-state index in [9.17, 15) is 0 Å². The van der Waals surface area contributed by atoms with Crippen LogP contribution in [0.3, 0.4) is 0 Å². The minimum atomic E-state index is -0.0414. The average molecular weight is 787 g/mol. The van der Waals surface area contributed by atoms with Gasteiger partial charge in [-0.15, -0.1) is 34.0 Å². The molecule has 15 rings (SSSR count). The zero-order valence-corrected chi connectivity index (χ0v) is 33.2. The van der Waals surface area contributed by atoms with Crippen LogP contribution in [-0.4, -0.2) is 11.3 Å². The summed E-state index contributed by atoms with van der Waals surface area (Å²) in [6.07, 6.45) is 0. The highest BCUT2D eigenvalue weighted by Crippen LogP contribution is 2.53. The molecule has 0 saturated carbocycles. The highest BCUT2D eigenvalue weighted by molar-refractivity contribution is 7.27. The first-order chi connectivity index (χ1) is 28.8. The Morgan fingerprint density at radius 2 is 1.03 bits per heavy atom. The van der Waals surface area contributed by atoms with Crippen LogP contribution in [0.1, 0.15) is 0 Å². The van der Waals surface area contributed by atoms with Gasteiger partial charge in [-0.2, -0.15) is 0 Å². The van der Waals surface area contributed by atoms with E-state index >= 15 is 0 Å². The zero-order valence-electron chi connectivity index (χ0n) is 30.8. The first kappa shape index (κ1) is 30.7. The van der Waals surface area contributed by atoms with E-state index in [2.05, 4.69) is 173 Å². The van der Waals surface area contributed by atoms with Crippen LogP contribution in [0.2, 0.25) is 0 Å². The molecule has 266 valence electrons. The Morgan fingerprint density at radius 1 is 0.397 bits per heavy atom. The number of nitrogens with zero attached hydrogens (tertiary/aromatic N) is 2. The first-order valence-corrected chi connectivity index (χ1v) is 22.3. The Kier molecular flexibility index (Phi) is 5.68. The van der Waals surface area contributed by atoms with E-state index in [4.69, 9.17) is 0 Å². The maximum absolute atomic E-state index is 2.75. The predicted molar refractivity (Wildman–Crippen MR) is 256 cm³/mol. The standard InChI is InChI=1S/C52H27BN2S3/c1-2-11-30-28(10-1)20-22-35-33-15-9-16-34-39-26-47-48(36-14-5-8-19-44(36)58-47)52-49(39)53(55(50(30)35)51(33)34)40-27-46-38(32-13-4-7-18-43(32)57-46)25-41(40)54(52)29-21-23-45-37(24-29)31-12-3-6-17-42(31)56-45/h1-27H. The Hall–Kier alpha value is -6.44. The number of fused-ring (bicyclic) bond motifs is 19. The monoisotopic (exact) mass is 786 g/mol. The first-order valence-electron chi connectivity index (χ1n) is 19.9. The molecule has 4 aromatic heterocycles. The van der Waals surface area contributed by atoms with E-state index < -0.39 is 0 Å². The average Bonchev–Trinajstić information content (AvgIpc) is 4.03. The van der Waals surface area contributed by atoms with E-state index in [0.717, 1.165) is 0 Å². The summed E-state index contributed by atoms with van der Waals surface area (Å²) in [4.78, 5) is 2.67. The third kappa shape index (κ3) is 3.71. The van der Waals surface area contributed by atoms with Crippen LogP contribution < -0.4 is 15.8 Å². The molecule has 13 aromatic rings. The van der Waals surface area contributed by atoms with Gasteiger partial charge in [-0.3, -0.25) is 0 Å². The SMILES string of the molecule is c1ccc2c(c1)ccc1c3cccc4c3n(c21)B1c2cc3sc5ccccc5c3cc2N(c2ccc3sc5ccccc5c3c2)c2c1c-4cc1sc3ccccc3c21. The minimum absolute atomic E-state index is 0.0414. The molecule has 9 aromatic carbocycles. The largest absolute Gasteiger partial charge is 0.375 e. The summed E-state index contributed by atoms with van der Waals surface area (Å²) in [6.45, 7) is -0.0414. The van der Waals surface area contributed by atoms with Crippen LogP contribution in [0.25, 0.3) is 104 Å². The van der Waals surface area contributed by atoms with E-state index in [0.29, 0.717) is 0 Å². The van der Waals surface area contributed by atoms with Crippen LogP contribution in [-0.2, 0) is 0 Å². The lowest BCUT2D eigenvalue weighted by atomic mass is 9.45. The van der Waals surface area contributed by atoms with E-state index in [1.165, 1.54) is 132 Å². The molecule has 6 heteroatoms. The van der Waals surface area contributed by atoms with Crippen molar-refractivity contribution in [2.45, 2.75) is 0 Å². The molecule has 2 aliphatic heterocycles. The van der Waals surface area contributed by atoms with Crippen LogP contribution in [0.5, 0.6) is 0 Å². The van der Waals surface area contributed by atoms with Crippen LogP contribution in [0.15, 0.2) is 164 Å². The summed E-state index contributed by atoms with van der Waals surface area (Å²) >= 11 is 5.73. The highest BCUT2D eigenvalue weighted by atomic mass is 32.1. The topological polar surface area (TPSA) is 8.17 Å². The smallest absolute Gasteiger partial charge is 0.333 e. The second kappa shape index (κ2) is 10.7. The van der Waals surface area contributed by atoms with Gasteiger partial charge in [0.1, 0.15) is 0 Å². The molecular weight excluding hydrogens is 760 g/mol. The van der Waals surface area contributed by atoms with Crippen molar-refractivity contribution in [1.82, 2.24) is 4.48 Å². The molecule has 2 aliphatic rings. The van der Waals surface area contributed by atoms with Crippen molar-refractivity contribution >= 4 is 162 Å². The molecule has 58 heavy (non-hydrogen) atoms. The zero-order chi connectivity index (χ0) is 37.4. The normalized spacial score (nSPS) is 13.4. The number of thiophene rings is 3. The maximum Gasteiger partial charge on any atom is 0.333 e. The van der Waals surface area contributed by atoms with Gasteiger partial charge in [0, 0.05) is 105 Å². The molecule has 0 bridgehead atoms. The quantitative estimate of drug-likeness (QED) is 0.151. The Balaban J connectivity index is 1.19. The van der Waals surface area contributed by atoms with Crippen molar-refractivity contribution < 1.29 is 0 Å². The van der Waals surface area contributed by atoms with E-state index in [1.807, 2.05) is 34.0 Å². The van der Waals surface area contributed by atoms with Crippen molar-refractivity contribution in [1.29, 1.82) is 0 Å². The van der Waals surface area contributed by atoms with Crippen molar-refractivity contribution in [3.8, 4) is 11.1 Å². The van der Waals surface area contributed by atoms with Gasteiger partial charge in [0.25, 0.3) is 0 Å². The fourth-order valence-electron chi connectivity index (χ4n) is 10.8. The molecule has 0 unspecified atom stereocenters. The Bertz CT molecular complexity index is 4010. The Labute approximate surface area is 344 Å². The van der Waals surface area contributed by atoms with Crippen LogP contribution in [0, 0.1) is 0 Å². The number of hydrogen-bond donors (Lipinski definition) is 0. The van der Waals surface area contributed by atoms with Gasteiger partial charge in [-0.1, -0.05) is 109 Å². The Morgan fingerprint density at radius 3 is 1.86 bits per heavy atom. The molecular formula is C52H27BN2S3. The van der Waals surface area contributed by atoms with Gasteiger partial charge >= 0.3 is 6.85 Å². The summed E-state index contributed by atoms with van der Waals surface area (Å²) in [7, 11) is 0. The van der Waals surface area contributed by atoms with Crippen molar-refractivity contribution in [3.05, 3.63) is 164 Å². The van der Waals surface area contributed by atoms with Gasteiger partial charge in [-0.05, 0) is 76.5 Å². The molecule has 0 atom stereocenters. The van der Waals surface area contributed by atoms with E-state index in [-0.39, 0.29) is 6.85 Å². The number of benzene rings is 9. The van der Waals surface area contributed by atoms with Crippen molar-refractivity contribution in [2.24, 2.45) is 0 Å². The molecule has 0 saturated heterocycles. The summed E-state index contributed by atoms with van der Waals surface area (Å²) in [5.41, 5.74) is 11.8. The second-order valence-electron chi connectivity index (χ2n) is 15.9. The van der Waals surface area contributed by atoms with E-state index in [1.54, 1.807) is 0 Å². The molecule has 0 aliphatic carbocycles. The third-order valence-corrected chi connectivity index (χ3v) is 16.5. The lowest BCUT2D eigenvalue weighted by Crippen LogP contribution is -2.56. The number of aromatic nitrogens is 1. The van der Waals surface area contributed by atoms with Gasteiger partial charge in [0.15, 0.2) is 0 Å². The predicted octanol–water partition coefficient (Wildman–Crippen LogP) is 14.5. The number of hydrogen-bond acceptors (Lipinski definition) is 4. The molecule has 0 amide bonds. The van der Waals surface area contributed by atoms with Crippen LogP contribution >= 0.6 is 34.0 Å². The third-order valence-electron chi connectivity index (χ3n) is 13.1.